The minimum Gasteiger partial charge on any atom is -0.458 e. The van der Waals surface area contributed by atoms with Gasteiger partial charge in [-0.3, -0.25) is 13.7 Å². The Hall–Kier alpha value is -9.00. The summed E-state index contributed by atoms with van der Waals surface area (Å²) in [5.41, 5.74) is 11.3. The van der Waals surface area contributed by atoms with Crippen LogP contribution in [0.5, 0.6) is 11.5 Å². The molecule has 0 saturated carbocycles. The largest absolute Gasteiger partial charge is 0.458 e. The van der Waals surface area contributed by atoms with Crippen LogP contribution in [0.1, 0.15) is 36.3 Å². The van der Waals surface area contributed by atoms with Gasteiger partial charge in [0, 0.05) is 39.5 Å². The molecule has 0 radical (unpaired) electrons. The molecule has 0 aliphatic rings. The molecule has 13 rings (SSSR count). The number of aromatic nitrogens is 5. The van der Waals surface area contributed by atoms with Crippen LogP contribution in [0.25, 0.3) is 99.8 Å². The first-order chi connectivity index (χ1) is 37.4. The summed E-state index contributed by atoms with van der Waals surface area (Å²) in [6.45, 7) is 4.26. The van der Waals surface area contributed by atoms with Gasteiger partial charge < -0.3 is 9.30 Å². The normalized spacial score (nSPS) is 13.4. The van der Waals surface area contributed by atoms with Crippen LogP contribution < -0.4 is 9.30 Å². The summed E-state index contributed by atoms with van der Waals surface area (Å²) in [5.74, 6) is 2.05. The van der Waals surface area contributed by atoms with E-state index in [9.17, 15) is 0 Å². The van der Waals surface area contributed by atoms with E-state index in [4.69, 9.17) is 20.7 Å². The molecule has 4 heterocycles. The van der Waals surface area contributed by atoms with Crippen molar-refractivity contribution in [1.82, 2.24) is 18.7 Å². The predicted molar refractivity (Wildman–Crippen MR) is 282 cm³/mol. The molecule has 0 spiro atoms. The summed E-state index contributed by atoms with van der Waals surface area (Å²) >= 11 is 0. The Morgan fingerprint density at radius 1 is 0.507 bits per heavy atom. The van der Waals surface area contributed by atoms with Gasteiger partial charge in [0.2, 0.25) is 0 Å². The van der Waals surface area contributed by atoms with Crippen LogP contribution in [0, 0.1) is 6.33 Å². The number of rotatable bonds is 9. The highest BCUT2D eigenvalue weighted by molar-refractivity contribution is 6.12. The van der Waals surface area contributed by atoms with Crippen molar-refractivity contribution in [3.8, 4) is 56.6 Å². The lowest BCUT2D eigenvalue weighted by molar-refractivity contribution is -0.571. The van der Waals surface area contributed by atoms with Gasteiger partial charge in [0.05, 0.1) is 55.4 Å². The third kappa shape index (κ3) is 6.79. The number of fused-ring (bicyclic) bond motifs is 7. The SMILES string of the molecule is [2H]c1c([2H])c([2H])c2c(c1[2H])c1c([2H])c([2H])c([2H])c([2H])c1n2-c1ccc2c(c1)c1ccc(Oc3cccc(-n4[c-][n+](-c5c(-c6ccccc6)cccc5-c5ccccc5)c5ccccc54)c3)cc1n2-c1cc(C(C)C)ccn1. The molecule has 6 nitrogen and oxygen atoms in total. The van der Waals surface area contributed by atoms with Gasteiger partial charge in [-0.15, -0.1) is 0 Å². The minimum atomic E-state index is -0.489. The fourth-order valence-electron chi connectivity index (χ4n) is 9.76. The van der Waals surface area contributed by atoms with Gasteiger partial charge in [0.1, 0.15) is 17.3 Å². The number of pyridine rings is 1. The second-order valence-corrected chi connectivity index (χ2v) is 17.4. The van der Waals surface area contributed by atoms with Gasteiger partial charge >= 0.3 is 0 Å². The highest BCUT2D eigenvalue weighted by atomic mass is 16.5. The summed E-state index contributed by atoms with van der Waals surface area (Å²) in [6.07, 6.45) is 5.56. The monoisotopic (exact) mass is 895 g/mol. The molecule has 6 heteroatoms. The molecule has 0 aliphatic heterocycles. The van der Waals surface area contributed by atoms with Crippen molar-refractivity contribution in [1.29, 1.82) is 0 Å². The van der Waals surface area contributed by atoms with Gasteiger partial charge in [-0.25, -0.2) is 4.98 Å². The zero-order valence-electron chi connectivity index (χ0n) is 45.5. The van der Waals surface area contributed by atoms with E-state index < -0.39 is 24.2 Å². The first-order valence-corrected chi connectivity index (χ1v) is 22.9. The predicted octanol–water partition coefficient (Wildman–Crippen LogP) is 15.5. The highest BCUT2D eigenvalue weighted by Crippen LogP contribution is 2.40. The molecular weight excluding hydrogens is 843 g/mol. The molecule has 0 unspecified atom stereocenters. The number of nitrogens with zero attached hydrogens (tertiary/aromatic N) is 5. The second-order valence-electron chi connectivity index (χ2n) is 17.4. The Morgan fingerprint density at radius 2 is 1.17 bits per heavy atom. The number of hydrogen-bond acceptors (Lipinski definition) is 2. The quantitative estimate of drug-likeness (QED) is 0.107. The van der Waals surface area contributed by atoms with Gasteiger partial charge in [-0.2, -0.15) is 0 Å². The Kier molecular flexibility index (Phi) is 7.76. The van der Waals surface area contributed by atoms with Gasteiger partial charge in [-0.05, 0) is 106 Å². The maximum Gasteiger partial charge on any atom is 0.269 e. The number of imidazole rings is 1. The van der Waals surface area contributed by atoms with E-state index in [0.717, 1.165) is 72.0 Å². The van der Waals surface area contributed by atoms with E-state index in [1.165, 1.54) is 0 Å². The van der Waals surface area contributed by atoms with Crippen LogP contribution in [-0.4, -0.2) is 18.7 Å². The lowest BCUT2D eigenvalue weighted by atomic mass is 9.95. The Morgan fingerprint density at radius 3 is 1.90 bits per heavy atom. The van der Waals surface area contributed by atoms with E-state index in [1.54, 1.807) is 10.8 Å². The van der Waals surface area contributed by atoms with Crippen LogP contribution in [0.2, 0.25) is 0 Å². The van der Waals surface area contributed by atoms with Gasteiger partial charge in [0.15, 0.2) is 0 Å². The average Bonchev–Trinajstić information content (AvgIpc) is 4.32. The summed E-state index contributed by atoms with van der Waals surface area (Å²) in [6, 6.07) is 55.7. The zero-order chi connectivity index (χ0) is 53.0. The van der Waals surface area contributed by atoms with Crippen molar-refractivity contribution in [2.45, 2.75) is 19.8 Å². The maximum absolute atomic E-state index is 9.13. The number of hydrogen-bond donors (Lipinski definition) is 0. The Balaban J connectivity index is 0.965. The van der Waals surface area contributed by atoms with Crippen molar-refractivity contribution in [2.75, 3.05) is 0 Å². The van der Waals surface area contributed by atoms with E-state index >= 15 is 0 Å². The molecule has 0 fully saturated rings. The van der Waals surface area contributed by atoms with E-state index in [0.29, 0.717) is 23.0 Å². The third-order valence-electron chi connectivity index (χ3n) is 13.0. The molecule has 328 valence electrons. The van der Waals surface area contributed by atoms with Crippen molar-refractivity contribution in [3.05, 3.63) is 242 Å². The second kappa shape index (κ2) is 16.4. The third-order valence-corrected chi connectivity index (χ3v) is 13.0. The summed E-state index contributed by atoms with van der Waals surface area (Å²) in [4.78, 5) is 4.89. The van der Waals surface area contributed by atoms with E-state index in [-0.39, 0.29) is 51.9 Å². The molecule has 0 N–H and O–H groups in total. The highest BCUT2D eigenvalue weighted by Gasteiger charge is 2.21. The van der Waals surface area contributed by atoms with Crippen molar-refractivity contribution >= 4 is 54.6 Å². The number of ether oxygens (including phenoxy) is 1. The summed E-state index contributed by atoms with van der Waals surface area (Å²) in [7, 11) is 0. The number of benzene rings is 9. The van der Waals surface area contributed by atoms with Crippen molar-refractivity contribution in [2.24, 2.45) is 0 Å². The number of para-hydroxylation sites is 5. The fourth-order valence-corrected chi connectivity index (χ4v) is 9.76. The summed E-state index contributed by atoms with van der Waals surface area (Å²) in [5, 5.41) is 1.64. The van der Waals surface area contributed by atoms with Crippen LogP contribution in [0.15, 0.2) is 230 Å². The Bertz CT molecular complexity index is 4430. The minimum absolute atomic E-state index is 0.0220. The van der Waals surface area contributed by atoms with Crippen molar-refractivity contribution < 1.29 is 20.3 Å². The van der Waals surface area contributed by atoms with E-state index in [2.05, 4.69) is 119 Å². The van der Waals surface area contributed by atoms with Gasteiger partial charge in [0.25, 0.3) is 6.33 Å². The van der Waals surface area contributed by atoms with E-state index in [1.807, 2.05) is 91.0 Å². The molecule has 9 aromatic carbocycles. The van der Waals surface area contributed by atoms with Crippen LogP contribution in [-0.2, 0) is 0 Å². The van der Waals surface area contributed by atoms with Crippen LogP contribution in [0.3, 0.4) is 0 Å². The molecule has 0 aliphatic carbocycles. The molecule has 0 saturated heterocycles. The molecular formula is C63H45N5O. The molecule has 0 amide bonds. The topological polar surface area (TPSA) is 40.8 Å². The molecule has 0 bridgehead atoms. The zero-order valence-corrected chi connectivity index (χ0v) is 37.5. The first kappa shape index (κ1) is 32.6. The van der Waals surface area contributed by atoms with Crippen LogP contribution in [0.4, 0.5) is 0 Å². The lowest BCUT2D eigenvalue weighted by Gasteiger charge is -2.17. The fraction of sp³-hybridized carbons (Fsp3) is 0.0476. The standard InChI is InChI=1S/C63H45N5O/c1-42(2)45-35-36-64-62(37-45)68-58-34-31-47(67-56-27-11-9-23-52(56)53-24-10-12-28-57(53)67)39-55(58)54-33-32-49(40-61(54)68)69-48-22-15-21-46(38-48)65-41-66(60-30-14-13-29-59(60)65)63-50(43-17-5-3-6-18-43)25-16-26-51(63)44-19-7-4-8-20-44/h3-40,42H,1-2H3/i9D,10D,11D,12D,23D,24D,27D,28D. The molecule has 4 aromatic heterocycles. The first-order valence-electron chi connectivity index (χ1n) is 26.9. The maximum atomic E-state index is 9.13. The molecule has 13 aromatic rings. The Labute approximate surface area is 411 Å². The van der Waals surface area contributed by atoms with Crippen LogP contribution >= 0.6 is 0 Å². The average molecular weight is 896 g/mol. The molecule has 69 heavy (non-hydrogen) atoms. The smallest absolute Gasteiger partial charge is 0.269 e. The lowest BCUT2D eigenvalue weighted by Crippen LogP contribution is -2.31. The van der Waals surface area contributed by atoms with Gasteiger partial charge in [-0.1, -0.05) is 159 Å². The summed E-state index contributed by atoms with van der Waals surface area (Å²) < 4.78 is 85.3. The molecule has 0 atom stereocenters. The van der Waals surface area contributed by atoms with Crippen molar-refractivity contribution in [3.63, 3.8) is 0 Å².